The average Bonchev–Trinajstić information content (AvgIpc) is 3.65. The van der Waals surface area contributed by atoms with E-state index in [2.05, 4.69) is 109 Å². The molecule has 0 saturated carbocycles. The third kappa shape index (κ3) is 5.89. The molecule has 2 aromatic heterocycles. The molecule has 5 heteroatoms. The van der Waals surface area contributed by atoms with Crippen LogP contribution >= 0.6 is 0 Å². The molecule has 8 aromatic carbocycles. The van der Waals surface area contributed by atoms with Crippen LogP contribution in [0.15, 0.2) is 186 Å². The molecule has 0 bridgehead atoms. The van der Waals surface area contributed by atoms with E-state index in [4.69, 9.17) is 19.4 Å². The summed E-state index contributed by atoms with van der Waals surface area (Å²) in [7, 11) is 0. The first kappa shape index (κ1) is 32.0. The van der Waals surface area contributed by atoms with Gasteiger partial charge in [-0.05, 0) is 74.5 Å². The number of aromatic nitrogens is 3. The zero-order valence-corrected chi connectivity index (χ0v) is 29.5. The van der Waals surface area contributed by atoms with E-state index in [1.54, 1.807) is 0 Å². The van der Waals surface area contributed by atoms with E-state index in [0.29, 0.717) is 23.0 Å². The summed E-state index contributed by atoms with van der Waals surface area (Å²) in [6.45, 7) is 0. The summed E-state index contributed by atoms with van der Waals surface area (Å²) in [5.74, 6) is 1.73. The first-order valence-corrected chi connectivity index (χ1v) is 18.2. The van der Waals surface area contributed by atoms with Gasteiger partial charge >= 0.3 is 0 Å². The molecule has 0 saturated heterocycles. The van der Waals surface area contributed by atoms with Crippen LogP contribution in [0.25, 0.3) is 100 Å². The topological polar surface area (TPSA) is 75.6 Å². The molecule has 0 aliphatic carbocycles. The molecule has 0 amide bonds. The third-order valence-electron chi connectivity index (χ3n) is 10.2. The van der Waals surface area contributed by atoms with Crippen LogP contribution in [0.5, 0.6) is 0 Å². The van der Waals surface area contributed by atoms with Crippen LogP contribution in [0.2, 0.25) is 0 Å². The standard InChI is InChI=1S/C50H30N4O/c51-31-32-16-18-34(19-17-32)36-22-26-39(27-23-36)48-52-49(54-50(53-48)43-14-6-11-37-10-4-5-12-41(37)43)40-28-29-44-46(30-40)55-45-15-7-13-42(47(44)45)38-24-20-35(21-25-38)33-8-2-1-3-9-33/h1-30H. The van der Waals surface area contributed by atoms with E-state index >= 15 is 0 Å². The Hall–Kier alpha value is -7.68. The van der Waals surface area contributed by atoms with Crippen molar-refractivity contribution in [2.75, 3.05) is 0 Å². The Labute approximate surface area is 317 Å². The highest BCUT2D eigenvalue weighted by atomic mass is 16.3. The zero-order chi connectivity index (χ0) is 36.7. The van der Waals surface area contributed by atoms with Gasteiger partial charge in [-0.1, -0.05) is 152 Å². The van der Waals surface area contributed by atoms with Gasteiger partial charge in [0, 0.05) is 27.5 Å². The van der Waals surface area contributed by atoms with Crippen molar-refractivity contribution in [1.29, 1.82) is 5.26 Å². The minimum atomic E-state index is 0.559. The highest BCUT2D eigenvalue weighted by Gasteiger charge is 2.18. The first-order chi connectivity index (χ1) is 27.2. The van der Waals surface area contributed by atoms with Crippen LogP contribution in [-0.2, 0) is 0 Å². The van der Waals surface area contributed by atoms with E-state index in [0.717, 1.165) is 71.7 Å². The molecular weight excluding hydrogens is 673 g/mol. The maximum atomic E-state index is 9.23. The second-order valence-electron chi connectivity index (χ2n) is 13.5. The monoisotopic (exact) mass is 702 g/mol. The van der Waals surface area contributed by atoms with Gasteiger partial charge in [-0.2, -0.15) is 5.26 Å². The molecule has 10 aromatic rings. The minimum absolute atomic E-state index is 0.559. The molecule has 0 unspecified atom stereocenters. The third-order valence-corrected chi connectivity index (χ3v) is 10.2. The van der Waals surface area contributed by atoms with Gasteiger partial charge < -0.3 is 4.42 Å². The number of rotatable bonds is 6. The molecule has 0 fully saturated rings. The van der Waals surface area contributed by atoms with Crippen molar-refractivity contribution in [3.8, 4) is 73.6 Å². The number of nitriles is 1. The molecule has 2 heterocycles. The fourth-order valence-corrected chi connectivity index (χ4v) is 7.40. The smallest absolute Gasteiger partial charge is 0.164 e. The Balaban J connectivity index is 1.08. The highest BCUT2D eigenvalue weighted by Crippen LogP contribution is 2.39. The maximum absolute atomic E-state index is 9.23. The molecule has 0 aliphatic rings. The number of hydrogen-bond acceptors (Lipinski definition) is 5. The molecule has 5 nitrogen and oxygen atoms in total. The molecular formula is C50H30N4O. The minimum Gasteiger partial charge on any atom is -0.456 e. The van der Waals surface area contributed by atoms with E-state index in [1.165, 1.54) is 11.1 Å². The summed E-state index contributed by atoms with van der Waals surface area (Å²) in [6, 6.07) is 64.1. The summed E-state index contributed by atoms with van der Waals surface area (Å²) in [5, 5.41) is 13.5. The summed E-state index contributed by atoms with van der Waals surface area (Å²) >= 11 is 0. The molecule has 0 aliphatic heterocycles. The van der Waals surface area contributed by atoms with E-state index in [1.807, 2.05) is 78.9 Å². The predicted octanol–water partition coefficient (Wildman–Crippen LogP) is 12.8. The molecule has 10 rings (SSSR count). The molecule has 0 radical (unpaired) electrons. The van der Waals surface area contributed by atoms with Crippen molar-refractivity contribution in [2.24, 2.45) is 0 Å². The van der Waals surface area contributed by atoms with Gasteiger partial charge in [0.05, 0.1) is 11.6 Å². The molecule has 0 spiro atoms. The molecule has 0 N–H and O–H groups in total. The Morgan fingerprint density at radius 3 is 1.67 bits per heavy atom. The van der Waals surface area contributed by atoms with Crippen LogP contribution in [0.4, 0.5) is 0 Å². The molecule has 256 valence electrons. The van der Waals surface area contributed by atoms with Crippen molar-refractivity contribution in [3.05, 3.63) is 188 Å². The average molecular weight is 703 g/mol. The van der Waals surface area contributed by atoms with E-state index in [9.17, 15) is 5.26 Å². The fourth-order valence-electron chi connectivity index (χ4n) is 7.40. The number of nitrogens with zero attached hydrogens (tertiary/aromatic N) is 4. The Kier molecular flexibility index (Phi) is 7.79. The van der Waals surface area contributed by atoms with Crippen LogP contribution in [-0.4, -0.2) is 15.0 Å². The summed E-state index contributed by atoms with van der Waals surface area (Å²) in [6.07, 6.45) is 0. The van der Waals surface area contributed by atoms with E-state index in [-0.39, 0.29) is 0 Å². The van der Waals surface area contributed by atoms with Crippen molar-refractivity contribution in [2.45, 2.75) is 0 Å². The highest BCUT2D eigenvalue weighted by molar-refractivity contribution is 6.13. The normalized spacial score (nSPS) is 11.3. The summed E-state index contributed by atoms with van der Waals surface area (Å²) in [5.41, 5.74) is 11.6. The van der Waals surface area contributed by atoms with Crippen molar-refractivity contribution in [1.82, 2.24) is 15.0 Å². The second kappa shape index (κ2) is 13.4. The van der Waals surface area contributed by atoms with E-state index < -0.39 is 0 Å². The number of furan rings is 1. The molecule has 55 heavy (non-hydrogen) atoms. The van der Waals surface area contributed by atoms with Crippen LogP contribution in [0, 0.1) is 11.3 Å². The summed E-state index contributed by atoms with van der Waals surface area (Å²) in [4.78, 5) is 15.2. The Morgan fingerprint density at radius 2 is 0.927 bits per heavy atom. The van der Waals surface area contributed by atoms with Crippen LogP contribution in [0.3, 0.4) is 0 Å². The Bertz CT molecular complexity index is 3060. The number of benzene rings is 8. The van der Waals surface area contributed by atoms with Gasteiger partial charge in [0.25, 0.3) is 0 Å². The first-order valence-electron chi connectivity index (χ1n) is 18.2. The van der Waals surface area contributed by atoms with Crippen molar-refractivity contribution in [3.63, 3.8) is 0 Å². The lowest BCUT2D eigenvalue weighted by molar-refractivity contribution is 0.669. The van der Waals surface area contributed by atoms with Gasteiger partial charge in [0.15, 0.2) is 17.5 Å². The second-order valence-corrected chi connectivity index (χ2v) is 13.5. The van der Waals surface area contributed by atoms with Crippen molar-refractivity contribution < 1.29 is 4.42 Å². The van der Waals surface area contributed by atoms with Gasteiger partial charge in [-0.15, -0.1) is 0 Å². The maximum Gasteiger partial charge on any atom is 0.164 e. The van der Waals surface area contributed by atoms with Crippen molar-refractivity contribution >= 4 is 32.7 Å². The lowest BCUT2D eigenvalue weighted by Gasteiger charge is -2.11. The SMILES string of the molecule is N#Cc1ccc(-c2ccc(-c3nc(-c4ccc5c(c4)oc4cccc(-c6ccc(-c7ccccc7)cc6)c45)nc(-c4cccc5ccccc45)n3)cc2)cc1. The molecule has 0 atom stereocenters. The van der Waals surface area contributed by atoms with Gasteiger partial charge in [0.2, 0.25) is 0 Å². The number of fused-ring (bicyclic) bond motifs is 4. The van der Waals surface area contributed by atoms with Crippen LogP contribution < -0.4 is 0 Å². The fraction of sp³-hybridized carbons (Fsp3) is 0. The zero-order valence-electron chi connectivity index (χ0n) is 29.5. The quantitative estimate of drug-likeness (QED) is 0.172. The lowest BCUT2D eigenvalue weighted by atomic mass is 9.96. The van der Waals surface area contributed by atoms with Gasteiger partial charge in [-0.25, -0.2) is 15.0 Å². The lowest BCUT2D eigenvalue weighted by Crippen LogP contribution is -2.00. The van der Waals surface area contributed by atoms with Crippen LogP contribution in [0.1, 0.15) is 5.56 Å². The number of hydrogen-bond donors (Lipinski definition) is 0. The predicted molar refractivity (Wildman–Crippen MR) is 222 cm³/mol. The van der Waals surface area contributed by atoms with Gasteiger partial charge in [0.1, 0.15) is 11.2 Å². The summed E-state index contributed by atoms with van der Waals surface area (Å²) < 4.78 is 6.54. The largest absolute Gasteiger partial charge is 0.456 e. The Morgan fingerprint density at radius 1 is 0.382 bits per heavy atom. The van der Waals surface area contributed by atoms with Gasteiger partial charge in [-0.3, -0.25) is 0 Å².